The van der Waals surface area contributed by atoms with Gasteiger partial charge in [-0.05, 0) is 30.9 Å². The predicted octanol–water partition coefficient (Wildman–Crippen LogP) is 2.24. The van der Waals surface area contributed by atoms with E-state index < -0.39 is 11.0 Å². The lowest BCUT2D eigenvalue weighted by Gasteiger charge is -2.44. The summed E-state index contributed by atoms with van der Waals surface area (Å²) in [5.74, 6) is 0.277. The van der Waals surface area contributed by atoms with Gasteiger partial charge in [0.25, 0.3) is 0 Å². The Morgan fingerprint density at radius 1 is 1.50 bits per heavy atom. The Labute approximate surface area is 109 Å². The van der Waals surface area contributed by atoms with Crippen molar-refractivity contribution in [3.63, 3.8) is 0 Å². The van der Waals surface area contributed by atoms with Crippen molar-refractivity contribution in [3.8, 4) is 0 Å². The van der Waals surface area contributed by atoms with Gasteiger partial charge in [-0.15, -0.1) is 0 Å². The lowest BCUT2D eigenvalue weighted by molar-refractivity contribution is -0.121. The van der Waals surface area contributed by atoms with Crippen molar-refractivity contribution in [1.82, 2.24) is 0 Å². The molecule has 0 aromatic rings. The molecule has 0 bridgehead atoms. The maximum absolute atomic E-state index is 11.6. The average Bonchev–Trinajstić information content (AvgIpc) is 2.23. The molecule has 0 heterocycles. The van der Waals surface area contributed by atoms with E-state index >= 15 is 0 Å². The zero-order valence-corrected chi connectivity index (χ0v) is 11.7. The molecule has 3 heteroatoms. The van der Waals surface area contributed by atoms with Gasteiger partial charge in [-0.3, -0.25) is 4.79 Å². The molecule has 0 fully saturated rings. The predicted molar refractivity (Wildman–Crippen MR) is 72.1 cm³/mol. The van der Waals surface area contributed by atoms with Crippen molar-refractivity contribution in [2.45, 2.75) is 46.1 Å². The summed E-state index contributed by atoms with van der Waals surface area (Å²) in [7, 11) is 0. The highest BCUT2D eigenvalue weighted by molar-refractivity contribution is 5.92. The fourth-order valence-electron chi connectivity index (χ4n) is 2.47. The van der Waals surface area contributed by atoms with E-state index in [2.05, 4.69) is 0 Å². The van der Waals surface area contributed by atoms with Crippen LogP contribution in [0.15, 0.2) is 23.8 Å². The van der Waals surface area contributed by atoms with Gasteiger partial charge in [0, 0.05) is 18.4 Å². The molecule has 0 spiro atoms. The van der Waals surface area contributed by atoms with Crippen LogP contribution in [0, 0.1) is 11.3 Å². The molecule has 1 aliphatic carbocycles. The van der Waals surface area contributed by atoms with Crippen LogP contribution in [0.3, 0.4) is 0 Å². The maximum atomic E-state index is 11.6. The molecule has 102 valence electrons. The molecule has 1 aliphatic rings. The Bertz CT molecular complexity index is 379. The summed E-state index contributed by atoms with van der Waals surface area (Å²) in [6.45, 7) is 7.74. The van der Waals surface area contributed by atoms with Crippen molar-refractivity contribution in [1.29, 1.82) is 0 Å². The van der Waals surface area contributed by atoms with Crippen molar-refractivity contribution in [2.75, 3.05) is 6.61 Å². The van der Waals surface area contributed by atoms with Gasteiger partial charge in [-0.1, -0.05) is 32.9 Å². The summed E-state index contributed by atoms with van der Waals surface area (Å²) in [6, 6.07) is 0. The molecule has 18 heavy (non-hydrogen) atoms. The Hall–Kier alpha value is -0.930. The molecule has 1 rings (SSSR count). The first-order valence-corrected chi connectivity index (χ1v) is 6.47. The Balaban J connectivity index is 3.02. The number of carbonyl (C=O) groups excluding carboxylic acids is 1. The van der Waals surface area contributed by atoms with Gasteiger partial charge in [0.1, 0.15) is 5.60 Å². The van der Waals surface area contributed by atoms with Gasteiger partial charge in [0.05, 0.1) is 0 Å². The molecule has 0 saturated heterocycles. The van der Waals surface area contributed by atoms with Crippen LogP contribution in [0.2, 0.25) is 0 Å². The molecule has 2 unspecified atom stereocenters. The summed E-state index contributed by atoms with van der Waals surface area (Å²) in [5.41, 5.74) is -0.889. The van der Waals surface area contributed by atoms with Gasteiger partial charge in [-0.25, -0.2) is 0 Å². The second kappa shape index (κ2) is 5.37. The summed E-state index contributed by atoms with van der Waals surface area (Å²) < 4.78 is 0. The minimum atomic E-state index is -1.08. The highest BCUT2D eigenvalue weighted by atomic mass is 16.3. The van der Waals surface area contributed by atoms with Crippen LogP contribution < -0.4 is 0 Å². The second-order valence-electron chi connectivity index (χ2n) is 5.97. The summed E-state index contributed by atoms with van der Waals surface area (Å²) in [6.07, 6.45) is 6.26. The van der Waals surface area contributed by atoms with Gasteiger partial charge in [-0.2, -0.15) is 0 Å². The number of aliphatic hydroxyl groups excluding tert-OH is 1. The van der Waals surface area contributed by atoms with Crippen molar-refractivity contribution >= 4 is 5.78 Å². The highest BCUT2D eigenvalue weighted by Crippen LogP contribution is 2.44. The quantitative estimate of drug-likeness (QED) is 0.754. The third kappa shape index (κ3) is 2.90. The van der Waals surface area contributed by atoms with E-state index in [0.717, 1.165) is 0 Å². The van der Waals surface area contributed by atoms with Gasteiger partial charge < -0.3 is 10.2 Å². The van der Waals surface area contributed by atoms with E-state index in [-0.39, 0.29) is 18.3 Å². The monoisotopic (exact) mass is 252 g/mol. The number of hydrogen-bond acceptors (Lipinski definition) is 3. The topological polar surface area (TPSA) is 57.5 Å². The summed E-state index contributed by atoms with van der Waals surface area (Å²) >= 11 is 0. The smallest absolute Gasteiger partial charge is 0.156 e. The van der Waals surface area contributed by atoms with Crippen molar-refractivity contribution in [2.24, 2.45) is 11.3 Å². The van der Waals surface area contributed by atoms with E-state index in [9.17, 15) is 9.90 Å². The van der Waals surface area contributed by atoms with E-state index in [0.29, 0.717) is 18.4 Å². The Morgan fingerprint density at radius 3 is 2.61 bits per heavy atom. The first-order valence-electron chi connectivity index (χ1n) is 6.47. The van der Waals surface area contributed by atoms with Crippen LogP contribution in [-0.4, -0.2) is 28.2 Å². The molecule has 2 atom stereocenters. The normalized spacial score (nSPS) is 29.4. The van der Waals surface area contributed by atoms with Crippen LogP contribution >= 0.6 is 0 Å². The molecular weight excluding hydrogens is 228 g/mol. The van der Waals surface area contributed by atoms with Crippen LogP contribution in [0.1, 0.15) is 40.5 Å². The SMILES string of the molecule is CC1=CC(=O)CC(C)(C)C1(O)/C=C/C(C)CCO. The Morgan fingerprint density at radius 2 is 2.11 bits per heavy atom. The molecule has 0 aliphatic heterocycles. The minimum Gasteiger partial charge on any atom is -0.396 e. The molecule has 0 aromatic carbocycles. The molecular formula is C15H24O3. The first-order chi connectivity index (χ1) is 8.23. The molecule has 0 aromatic heterocycles. The molecule has 0 radical (unpaired) electrons. The van der Waals surface area contributed by atoms with Crippen molar-refractivity contribution < 1.29 is 15.0 Å². The van der Waals surface area contributed by atoms with E-state index in [1.54, 1.807) is 13.0 Å². The number of ketones is 1. The molecule has 2 N–H and O–H groups in total. The molecule has 0 saturated carbocycles. The van der Waals surface area contributed by atoms with Crippen LogP contribution in [0.25, 0.3) is 0 Å². The lowest BCUT2D eigenvalue weighted by Crippen LogP contribution is -2.48. The number of hydrogen-bond donors (Lipinski definition) is 2. The molecule has 3 nitrogen and oxygen atoms in total. The number of aliphatic hydroxyl groups is 2. The van der Waals surface area contributed by atoms with E-state index in [4.69, 9.17) is 5.11 Å². The van der Waals surface area contributed by atoms with Crippen LogP contribution in [0.5, 0.6) is 0 Å². The fraction of sp³-hybridized carbons (Fsp3) is 0.667. The third-order valence-electron chi connectivity index (χ3n) is 3.88. The summed E-state index contributed by atoms with van der Waals surface area (Å²) in [4.78, 5) is 11.6. The van der Waals surface area contributed by atoms with Gasteiger partial charge >= 0.3 is 0 Å². The van der Waals surface area contributed by atoms with E-state index in [1.165, 1.54) is 6.08 Å². The van der Waals surface area contributed by atoms with Gasteiger partial charge in [0.2, 0.25) is 0 Å². The maximum Gasteiger partial charge on any atom is 0.156 e. The number of carbonyl (C=O) groups is 1. The fourth-order valence-corrected chi connectivity index (χ4v) is 2.47. The van der Waals surface area contributed by atoms with Gasteiger partial charge in [0.15, 0.2) is 5.78 Å². The highest BCUT2D eigenvalue weighted by Gasteiger charge is 2.46. The van der Waals surface area contributed by atoms with Crippen LogP contribution in [-0.2, 0) is 4.79 Å². The first kappa shape index (κ1) is 15.1. The van der Waals surface area contributed by atoms with Crippen LogP contribution in [0.4, 0.5) is 0 Å². The standard InChI is InChI=1S/C15H24O3/c1-11(6-8-16)5-7-15(18)12(2)9-13(17)10-14(15,3)4/h5,7,9,11,16,18H,6,8,10H2,1-4H3/b7-5+. The minimum absolute atomic E-state index is 0.0685. The van der Waals surface area contributed by atoms with E-state index in [1.807, 2.05) is 26.8 Å². The summed E-state index contributed by atoms with van der Waals surface area (Å²) in [5, 5.41) is 19.7. The van der Waals surface area contributed by atoms with Crippen molar-refractivity contribution in [3.05, 3.63) is 23.8 Å². The average molecular weight is 252 g/mol. The Kier molecular flexibility index (Phi) is 4.51. The lowest BCUT2D eigenvalue weighted by atomic mass is 9.64. The zero-order chi connectivity index (χ0) is 14.0. The zero-order valence-electron chi connectivity index (χ0n) is 11.7. The number of rotatable bonds is 4. The number of allylic oxidation sites excluding steroid dienone is 2. The molecule has 0 amide bonds. The third-order valence-corrected chi connectivity index (χ3v) is 3.88. The second-order valence-corrected chi connectivity index (χ2v) is 5.97. The largest absolute Gasteiger partial charge is 0.396 e.